The smallest absolute Gasteiger partial charge is 0.404 e. The van der Waals surface area contributed by atoms with Gasteiger partial charge in [-0.2, -0.15) is 0 Å². The molecule has 0 aliphatic carbocycles. The second-order valence-electron chi connectivity index (χ2n) is 2.76. The summed E-state index contributed by atoms with van der Waals surface area (Å²) in [5, 5.41) is 20.0. The molecule has 76 valence electrons. The Balaban J connectivity index is 2.60. The number of aliphatic hydroxyl groups is 1. The Morgan fingerprint density at radius 3 is 2.86 bits per heavy atom. The summed E-state index contributed by atoms with van der Waals surface area (Å²) in [4.78, 5) is 10.2. The van der Waals surface area contributed by atoms with Crippen molar-refractivity contribution >= 4 is 22.0 Å². The monoisotopic (exact) mass is 259 g/mol. The molecule has 1 aromatic carbocycles. The first-order valence-electron chi connectivity index (χ1n) is 4.00. The molecule has 0 radical (unpaired) electrons. The van der Waals surface area contributed by atoms with Gasteiger partial charge in [0.05, 0.1) is 12.6 Å². The van der Waals surface area contributed by atoms with Crippen LogP contribution in [0.1, 0.15) is 11.7 Å². The molecule has 3 N–H and O–H groups in total. The number of rotatable bonds is 3. The fourth-order valence-corrected chi connectivity index (χ4v) is 1.43. The summed E-state index contributed by atoms with van der Waals surface area (Å²) in [6.45, 7) is -0.00815. The molecule has 4 nitrogen and oxygen atoms in total. The molecule has 0 unspecified atom stereocenters. The minimum Gasteiger partial charge on any atom is -0.465 e. The molecule has 0 aromatic heterocycles. The van der Waals surface area contributed by atoms with Crippen LogP contribution in [0.25, 0.3) is 0 Å². The van der Waals surface area contributed by atoms with Gasteiger partial charge in [-0.1, -0.05) is 28.1 Å². The number of hydrogen-bond donors (Lipinski definition) is 3. The molecule has 0 aliphatic rings. The number of carbonyl (C=O) groups is 1. The molecule has 1 aromatic rings. The summed E-state index contributed by atoms with van der Waals surface area (Å²) in [6.07, 6.45) is -1.96. The largest absolute Gasteiger partial charge is 0.465 e. The zero-order chi connectivity index (χ0) is 10.6. The summed E-state index contributed by atoms with van der Waals surface area (Å²) in [5.41, 5.74) is 0.674. The van der Waals surface area contributed by atoms with Gasteiger partial charge in [-0.05, 0) is 17.7 Å². The van der Waals surface area contributed by atoms with Gasteiger partial charge in [0.1, 0.15) is 0 Å². The van der Waals surface area contributed by atoms with Crippen LogP contribution in [0.15, 0.2) is 28.7 Å². The third kappa shape index (κ3) is 3.35. The fourth-order valence-electron chi connectivity index (χ4n) is 1.02. The maximum atomic E-state index is 10.2. The van der Waals surface area contributed by atoms with Gasteiger partial charge in [-0.3, -0.25) is 0 Å². The Morgan fingerprint density at radius 1 is 1.57 bits per heavy atom. The lowest BCUT2D eigenvalue weighted by atomic mass is 10.1. The number of hydrogen-bond acceptors (Lipinski definition) is 2. The second-order valence-corrected chi connectivity index (χ2v) is 3.67. The van der Waals surface area contributed by atoms with E-state index < -0.39 is 12.2 Å². The molecule has 1 atom stereocenters. The van der Waals surface area contributed by atoms with Gasteiger partial charge in [0, 0.05) is 4.47 Å². The molecule has 14 heavy (non-hydrogen) atoms. The first-order chi connectivity index (χ1) is 6.59. The SMILES string of the molecule is O=C(O)NC[C@@H](O)c1cccc(Br)c1. The van der Waals surface area contributed by atoms with E-state index >= 15 is 0 Å². The Morgan fingerprint density at radius 2 is 2.29 bits per heavy atom. The predicted octanol–water partition coefficient (Wildman–Crippen LogP) is 1.75. The Hall–Kier alpha value is -1.07. The maximum Gasteiger partial charge on any atom is 0.404 e. The first kappa shape index (κ1) is 11.0. The lowest BCUT2D eigenvalue weighted by molar-refractivity contribution is 0.159. The molecular weight excluding hydrogens is 250 g/mol. The van der Waals surface area contributed by atoms with Crippen LogP contribution in [0, 0.1) is 0 Å². The minimum absolute atomic E-state index is 0.00815. The lowest BCUT2D eigenvalue weighted by Gasteiger charge is -2.10. The van der Waals surface area contributed by atoms with Crippen LogP contribution in [-0.2, 0) is 0 Å². The Labute approximate surface area is 89.7 Å². The molecule has 5 heteroatoms. The number of halogens is 1. The molecular formula is C9H10BrNO3. The van der Waals surface area contributed by atoms with E-state index in [4.69, 9.17) is 5.11 Å². The summed E-state index contributed by atoms with van der Waals surface area (Å²) in [7, 11) is 0. The topological polar surface area (TPSA) is 69.6 Å². The van der Waals surface area contributed by atoms with Crippen molar-refractivity contribution in [2.45, 2.75) is 6.10 Å². The summed E-state index contributed by atoms with van der Waals surface area (Å²) in [5.74, 6) is 0. The van der Waals surface area contributed by atoms with E-state index in [-0.39, 0.29) is 6.54 Å². The minimum atomic E-state index is -1.14. The molecule has 0 bridgehead atoms. The van der Waals surface area contributed by atoms with E-state index in [0.29, 0.717) is 5.56 Å². The fraction of sp³-hybridized carbons (Fsp3) is 0.222. The van der Waals surface area contributed by atoms with Gasteiger partial charge in [0.2, 0.25) is 0 Å². The van der Waals surface area contributed by atoms with E-state index in [2.05, 4.69) is 21.2 Å². The van der Waals surface area contributed by atoms with E-state index in [0.717, 1.165) is 4.47 Å². The molecule has 0 saturated heterocycles. The van der Waals surface area contributed by atoms with Crippen molar-refractivity contribution in [3.63, 3.8) is 0 Å². The van der Waals surface area contributed by atoms with Crippen LogP contribution in [0.4, 0.5) is 4.79 Å². The van der Waals surface area contributed by atoms with Crippen LogP contribution in [0.5, 0.6) is 0 Å². The number of nitrogens with one attached hydrogen (secondary N) is 1. The van der Waals surface area contributed by atoms with Crippen LogP contribution < -0.4 is 5.32 Å². The van der Waals surface area contributed by atoms with Crippen LogP contribution in [0.2, 0.25) is 0 Å². The quantitative estimate of drug-likeness (QED) is 0.775. The van der Waals surface area contributed by atoms with Gasteiger partial charge in [-0.15, -0.1) is 0 Å². The van der Waals surface area contributed by atoms with Crippen molar-refractivity contribution in [1.82, 2.24) is 5.32 Å². The van der Waals surface area contributed by atoms with E-state index in [1.807, 2.05) is 6.07 Å². The number of aliphatic hydroxyl groups excluding tert-OH is 1. The van der Waals surface area contributed by atoms with Crippen molar-refractivity contribution < 1.29 is 15.0 Å². The highest BCUT2D eigenvalue weighted by molar-refractivity contribution is 9.10. The number of benzene rings is 1. The predicted molar refractivity (Wildman–Crippen MR) is 55.1 cm³/mol. The molecule has 0 aliphatic heterocycles. The zero-order valence-corrected chi connectivity index (χ0v) is 8.86. The van der Waals surface area contributed by atoms with Crippen molar-refractivity contribution in [3.05, 3.63) is 34.3 Å². The van der Waals surface area contributed by atoms with Crippen molar-refractivity contribution in [1.29, 1.82) is 0 Å². The van der Waals surface area contributed by atoms with Crippen LogP contribution in [-0.4, -0.2) is 22.9 Å². The average Bonchev–Trinajstić information content (AvgIpc) is 2.14. The summed E-state index contributed by atoms with van der Waals surface area (Å²) in [6, 6.07) is 7.09. The highest BCUT2D eigenvalue weighted by atomic mass is 79.9. The van der Waals surface area contributed by atoms with Crippen LogP contribution >= 0.6 is 15.9 Å². The summed E-state index contributed by atoms with van der Waals surface area (Å²) >= 11 is 3.26. The summed E-state index contributed by atoms with van der Waals surface area (Å²) < 4.78 is 0.851. The lowest BCUT2D eigenvalue weighted by Crippen LogP contribution is -2.26. The van der Waals surface area contributed by atoms with E-state index in [1.165, 1.54) is 0 Å². The molecule has 1 amide bonds. The number of carboxylic acid groups (broad SMARTS) is 1. The Bertz CT molecular complexity index is 330. The molecule has 0 spiro atoms. The first-order valence-corrected chi connectivity index (χ1v) is 4.79. The maximum absolute atomic E-state index is 10.2. The van der Waals surface area contributed by atoms with Gasteiger partial charge in [0.25, 0.3) is 0 Å². The third-order valence-electron chi connectivity index (χ3n) is 1.68. The second kappa shape index (κ2) is 4.97. The average molecular weight is 260 g/mol. The normalized spacial score (nSPS) is 12.1. The molecule has 0 saturated carbocycles. The molecule has 0 heterocycles. The van der Waals surface area contributed by atoms with Crippen LogP contribution in [0.3, 0.4) is 0 Å². The van der Waals surface area contributed by atoms with Gasteiger partial charge < -0.3 is 15.5 Å². The molecule has 0 fully saturated rings. The van der Waals surface area contributed by atoms with Crippen molar-refractivity contribution in [2.75, 3.05) is 6.54 Å². The Kier molecular flexibility index (Phi) is 3.91. The standard InChI is InChI=1S/C9H10BrNO3/c10-7-3-1-2-6(4-7)8(12)5-11-9(13)14/h1-4,8,11-12H,5H2,(H,13,14)/t8-/m1/s1. The molecule has 1 rings (SSSR count). The highest BCUT2D eigenvalue weighted by Crippen LogP contribution is 2.17. The van der Waals surface area contributed by atoms with Gasteiger partial charge >= 0.3 is 6.09 Å². The van der Waals surface area contributed by atoms with Gasteiger partial charge in [-0.25, -0.2) is 4.79 Å². The van der Waals surface area contributed by atoms with Crippen molar-refractivity contribution in [2.24, 2.45) is 0 Å². The third-order valence-corrected chi connectivity index (χ3v) is 2.17. The van der Waals surface area contributed by atoms with Gasteiger partial charge in [0.15, 0.2) is 0 Å². The zero-order valence-electron chi connectivity index (χ0n) is 7.27. The van der Waals surface area contributed by atoms with E-state index in [9.17, 15) is 9.90 Å². The highest BCUT2D eigenvalue weighted by Gasteiger charge is 2.08. The van der Waals surface area contributed by atoms with Crippen molar-refractivity contribution in [3.8, 4) is 0 Å². The number of amides is 1. The van der Waals surface area contributed by atoms with E-state index in [1.54, 1.807) is 18.2 Å².